The quantitative estimate of drug-likeness (QED) is 0.845. The van der Waals surface area contributed by atoms with Crippen LogP contribution in [0.3, 0.4) is 0 Å². The number of nitrogens with zero attached hydrogens (tertiary/aromatic N) is 1. The number of nitrogens with one attached hydrogen (secondary N) is 1. The van der Waals surface area contributed by atoms with E-state index in [-0.39, 0.29) is 5.69 Å². The fraction of sp³-hybridized carbons (Fsp3) is 0.214. The standard InChI is InChI=1S/C14H14F3N3/c15-14(16,17)12-9-11(4-5-13(12)18)20-8-6-10-3-1-2-7-19-10/h1-5,7,9,20H,6,8,18H2. The minimum Gasteiger partial charge on any atom is -0.398 e. The van der Waals surface area contributed by atoms with E-state index >= 15 is 0 Å². The molecule has 20 heavy (non-hydrogen) atoms. The lowest BCUT2D eigenvalue weighted by Crippen LogP contribution is -2.11. The number of anilines is 2. The number of benzene rings is 1. The lowest BCUT2D eigenvalue weighted by molar-refractivity contribution is -0.136. The molecule has 0 aliphatic heterocycles. The summed E-state index contributed by atoms with van der Waals surface area (Å²) < 4.78 is 38.1. The van der Waals surface area contributed by atoms with Crippen molar-refractivity contribution < 1.29 is 13.2 Å². The first-order chi connectivity index (χ1) is 9.47. The Kier molecular flexibility index (Phi) is 4.12. The van der Waals surface area contributed by atoms with Gasteiger partial charge >= 0.3 is 6.18 Å². The van der Waals surface area contributed by atoms with Crippen LogP contribution in [0.15, 0.2) is 42.6 Å². The Labute approximate surface area is 114 Å². The average molecular weight is 281 g/mol. The Morgan fingerprint density at radius 2 is 1.95 bits per heavy atom. The molecule has 0 saturated carbocycles. The van der Waals surface area contributed by atoms with E-state index in [2.05, 4.69) is 10.3 Å². The van der Waals surface area contributed by atoms with Crippen molar-refractivity contribution in [1.82, 2.24) is 4.98 Å². The highest BCUT2D eigenvalue weighted by Crippen LogP contribution is 2.35. The molecule has 3 nitrogen and oxygen atoms in total. The number of pyridine rings is 1. The van der Waals surface area contributed by atoms with Crippen LogP contribution in [0.5, 0.6) is 0 Å². The predicted molar refractivity (Wildman–Crippen MR) is 72.3 cm³/mol. The van der Waals surface area contributed by atoms with Gasteiger partial charge in [-0.2, -0.15) is 13.2 Å². The van der Waals surface area contributed by atoms with E-state index in [0.29, 0.717) is 18.7 Å². The van der Waals surface area contributed by atoms with Crippen molar-refractivity contribution in [2.45, 2.75) is 12.6 Å². The van der Waals surface area contributed by atoms with Gasteiger partial charge in [0.15, 0.2) is 0 Å². The summed E-state index contributed by atoms with van der Waals surface area (Å²) in [6.45, 7) is 0.498. The van der Waals surface area contributed by atoms with Crippen LogP contribution < -0.4 is 11.1 Å². The highest BCUT2D eigenvalue weighted by atomic mass is 19.4. The molecular formula is C14H14F3N3. The normalized spacial score (nSPS) is 11.3. The number of nitrogen functional groups attached to an aromatic ring is 1. The van der Waals surface area contributed by atoms with Crippen molar-refractivity contribution in [1.29, 1.82) is 0 Å². The average Bonchev–Trinajstić information content (AvgIpc) is 2.40. The van der Waals surface area contributed by atoms with Crippen molar-refractivity contribution in [2.24, 2.45) is 0 Å². The molecule has 0 radical (unpaired) electrons. The van der Waals surface area contributed by atoms with Crippen LogP contribution in [-0.4, -0.2) is 11.5 Å². The summed E-state index contributed by atoms with van der Waals surface area (Å²) in [6.07, 6.45) is -2.13. The number of alkyl halides is 3. The first kappa shape index (κ1) is 14.2. The van der Waals surface area contributed by atoms with E-state index in [0.717, 1.165) is 11.8 Å². The van der Waals surface area contributed by atoms with Crippen LogP contribution in [0.2, 0.25) is 0 Å². The summed E-state index contributed by atoms with van der Waals surface area (Å²) in [4.78, 5) is 4.14. The molecule has 0 saturated heterocycles. The number of nitrogens with two attached hydrogens (primary N) is 1. The lowest BCUT2D eigenvalue weighted by atomic mass is 10.1. The molecule has 1 heterocycles. The summed E-state index contributed by atoms with van der Waals surface area (Å²) in [5.41, 5.74) is 5.52. The van der Waals surface area contributed by atoms with E-state index in [1.54, 1.807) is 6.20 Å². The Hall–Kier alpha value is -2.24. The Bertz CT molecular complexity index is 568. The van der Waals surface area contributed by atoms with Crippen molar-refractivity contribution in [2.75, 3.05) is 17.6 Å². The number of aromatic nitrogens is 1. The van der Waals surface area contributed by atoms with Gasteiger partial charge in [-0.3, -0.25) is 4.98 Å². The van der Waals surface area contributed by atoms with Crippen LogP contribution in [0.4, 0.5) is 24.5 Å². The van der Waals surface area contributed by atoms with Crippen molar-refractivity contribution >= 4 is 11.4 Å². The fourth-order valence-corrected chi connectivity index (χ4v) is 1.79. The third-order valence-electron chi connectivity index (χ3n) is 2.80. The van der Waals surface area contributed by atoms with E-state index in [4.69, 9.17) is 5.73 Å². The van der Waals surface area contributed by atoms with Crippen LogP contribution in [-0.2, 0) is 12.6 Å². The first-order valence-electron chi connectivity index (χ1n) is 6.07. The number of hydrogen-bond acceptors (Lipinski definition) is 3. The molecule has 0 aliphatic rings. The molecule has 1 aromatic heterocycles. The zero-order chi connectivity index (χ0) is 14.6. The second kappa shape index (κ2) is 5.81. The molecule has 6 heteroatoms. The molecule has 2 aromatic rings. The maximum absolute atomic E-state index is 12.7. The maximum atomic E-state index is 12.7. The van der Waals surface area contributed by atoms with Gasteiger partial charge in [-0.15, -0.1) is 0 Å². The SMILES string of the molecule is Nc1ccc(NCCc2ccccn2)cc1C(F)(F)F. The van der Waals surface area contributed by atoms with E-state index in [1.807, 2.05) is 18.2 Å². The molecule has 0 bridgehead atoms. The van der Waals surface area contributed by atoms with Gasteiger partial charge in [0.2, 0.25) is 0 Å². The maximum Gasteiger partial charge on any atom is 0.418 e. The second-order valence-electron chi connectivity index (χ2n) is 4.30. The van der Waals surface area contributed by atoms with Gasteiger partial charge in [0.05, 0.1) is 5.56 Å². The Balaban J connectivity index is 2.00. The summed E-state index contributed by atoms with van der Waals surface area (Å²) in [5.74, 6) is 0. The summed E-state index contributed by atoms with van der Waals surface area (Å²) in [7, 11) is 0. The van der Waals surface area contributed by atoms with Crippen LogP contribution in [0, 0.1) is 0 Å². The van der Waals surface area contributed by atoms with Gasteiger partial charge in [0.1, 0.15) is 0 Å². The van der Waals surface area contributed by atoms with Gasteiger partial charge in [-0.05, 0) is 30.3 Å². The number of rotatable bonds is 4. The minimum absolute atomic E-state index is 0.271. The van der Waals surface area contributed by atoms with Gasteiger partial charge in [-0.25, -0.2) is 0 Å². The van der Waals surface area contributed by atoms with Crippen molar-refractivity contribution in [3.8, 4) is 0 Å². The molecule has 0 amide bonds. The van der Waals surface area contributed by atoms with Crippen LogP contribution in [0.25, 0.3) is 0 Å². The van der Waals surface area contributed by atoms with Crippen LogP contribution in [0.1, 0.15) is 11.3 Å². The minimum atomic E-state index is -4.44. The van der Waals surface area contributed by atoms with Gasteiger partial charge < -0.3 is 11.1 Å². The molecule has 0 unspecified atom stereocenters. The molecular weight excluding hydrogens is 267 g/mol. The molecule has 0 aliphatic carbocycles. The zero-order valence-electron chi connectivity index (χ0n) is 10.6. The van der Waals surface area contributed by atoms with Gasteiger partial charge in [-0.1, -0.05) is 6.07 Å². The van der Waals surface area contributed by atoms with Gasteiger partial charge in [0.25, 0.3) is 0 Å². The zero-order valence-corrected chi connectivity index (χ0v) is 10.6. The molecule has 1 aromatic carbocycles. The molecule has 3 N–H and O–H groups in total. The molecule has 0 spiro atoms. The molecule has 2 rings (SSSR count). The third kappa shape index (κ3) is 3.63. The highest BCUT2D eigenvalue weighted by molar-refractivity contribution is 5.58. The number of halogens is 3. The van der Waals surface area contributed by atoms with Crippen molar-refractivity contribution in [3.05, 3.63) is 53.9 Å². The van der Waals surface area contributed by atoms with Crippen LogP contribution >= 0.6 is 0 Å². The smallest absolute Gasteiger partial charge is 0.398 e. The first-order valence-corrected chi connectivity index (χ1v) is 6.07. The summed E-state index contributed by atoms with van der Waals surface area (Å²) >= 11 is 0. The lowest BCUT2D eigenvalue weighted by Gasteiger charge is -2.13. The van der Waals surface area contributed by atoms with E-state index < -0.39 is 11.7 Å². The fourth-order valence-electron chi connectivity index (χ4n) is 1.79. The Morgan fingerprint density at radius 1 is 1.15 bits per heavy atom. The Morgan fingerprint density at radius 3 is 2.60 bits per heavy atom. The highest BCUT2D eigenvalue weighted by Gasteiger charge is 2.33. The van der Waals surface area contributed by atoms with Gasteiger partial charge in [0, 0.05) is 36.2 Å². The second-order valence-corrected chi connectivity index (χ2v) is 4.30. The van der Waals surface area contributed by atoms with E-state index in [9.17, 15) is 13.2 Å². The number of hydrogen-bond donors (Lipinski definition) is 2. The van der Waals surface area contributed by atoms with E-state index in [1.165, 1.54) is 12.1 Å². The third-order valence-corrected chi connectivity index (χ3v) is 2.80. The molecule has 0 atom stereocenters. The molecule has 106 valence electrons. The largest absolute Gasteiger partial charge is 0.418 e. The summed E-state index contributed by atoms with van der Waals surface area (Å²) in [6, 6.07) is 9.36. The summed E-state index contributed by atoms with van der Waals surface area (Å²) in [5, 5.41) is 2.94. The monoisotopic (exact) mass is 281 g/mol. The topological polar surface area (TPSA) is 50.9 Å². The van der Waals surface area contributed by atoms with Crippen molar-refractivity contribution in [3.63, 3.8) is 0 Å². The predicted octanol–water partition coefficient (Wildman–Crippen LogP) is 3.34. The molecule has 0 fully saturated rings.